The molecule has 1 heterocycles. The summed E-state index contributed by atoms with van der Waals surface area (Å²) in [7, 11) is 3.50. The topological polar surface area (TPSA) is 45.3 Å². The normalized spacial score (nSPS) is 16.5. The molecule has 1 aliphatic carbocycles. The van der Waals surface area contributed by atoms with Crippen LogP contribution >= 0.6 is 0 Å². The molecule has 0 spiro atoms. The standard InChI is InChI=1S/C21H22N2O2/c1-23(21(24)16-8-4-6-10-20(16)25-2)14-11-12-19-17(13-14)15-7-3-5-9-18(15)22-19/h3-10,14,22H,11-13H2,1-2H3. The number of ether oxygens (including phenoxy) is 1. The molecule has 4 nitrogen and oxygen atoms in total. The highest BCUT2D eigenvalue weighted by atomic mass is 16.5. The first kappa shape index (κ1) is 15.8. The molecule has 0 radical (unpaired) electrons. The molecule has 0 aliphatic heterocycles. The van der Waals surface area contributed by atoms with Crippen LogP contribution in [0.4, 0.5) is 0 Å². The lowest BCUT2D eigenvalue weighted by Crippen LogP contribution is -2.40. The summed E-state index contributed by atoms with van der Waals surface area (Å²) in [6, 6.07) is 16.0. The summed E-state index contributed by atoms with van der Waals surface area (Å²) in [5.41, 5.74) is 4.48. The number of H-pyrrole nitrogens is 1. The number of fused-ring (bicyclic) bond motifs is 3. The van der Waals surface area contributed by atoms with E-state index in [1.54, 1.807) is 7.11 Å². The third-order valence-electron chi connectivity index (χ3n) is 5.27. The largest absolute Gasteiger partial charge is 0.496 e. The van der Waals surface area contributed by atoms with Crippen LogP contribution in [0.15, 0.2) is 48.5 Å². The van der Waals surface area contributed by atoms with Crippen LogP contribution < -0.4 is 4.74 Å². The van der Waals surface area contributed by atoms with Gasteiger partial charge in [-0.1, -0.05) is 30.3 Å². The Morgan fingerprint density at radius 2 is 1.92 bits per heavy atom. The molecule has 4 rings (SSSR count). The smallest absolute Gasteiger partial charge is 0.257 e. The number of para-hydroxylation sites is 2. The van der Waals surface area contributed by atoms with Crippen molar-refractivity contribution in [1.82, 2.24) is 9.88 Å². The zero-order chi connectivity index (χ0) is 17.4. The number of rotatable bonds is 3. The maximum absolute atomic E-state index is 13.0. The van der Waals surface area contributed by atoms with E-state index in [0.717, 1.165) is 19.3 Å². The summed E-state index contributed by atoms with van der Waals surface area (Å²) in [5.74, 6) is 0.647. The molecule has 128 valence electrons. The van der Waals surface area contributed by atoms with Crippen LogP contribution in [0.3, 0.4) is 0 Å². The Bertz CT molecular complexity index is 929. The van der Waals surface area contributed by atoms with Gasteiger partial charge in [0.05, 0.1) is 12.7 Å². The summed E-state index contributed by atoms with van der Waals surface area (Å²) in [6.07, 6.45) is 2.83. The second-order valence-corrected chi connectivity index (χ2v) is 6.64. The van der Waals surface area contributed by atoms with Gasteiger partial charge in [-0.2, -0.15) is 0 Å². The number of benzene rings is 2. The fourth-order valence-electron chi connectivity index (χ4n) is 3.86. The number of carbonyl (C=O) groups is 1. The number of nitrogens with zero attached hydrogens (tertiary/aromatic N) is 1. The molecule has 25 heavy (non-hydrogen) atoms. The fraction of sp³-hybridized carbons (Fsp3) is 0.286. The fourth-order valence-corrected chi connectivity index (χ4v) is 3.86. The number of amides is 1. The van der Waals surface area contributed by atoms with E-state index in [9.17, 15) is 4.79 Å². The molecular weight excluding hydrogens is 312 g/mol. The molecule has 1 aliphatic rings. The van der Waals surface area contributed by atoms with Crippen molar-refractivity contribution in [3.05, 3.63) is 65.4 Å². The van der Waals surface area contributed by atoms with Gasteiger partial charge in [0.15, 0.2) is 0 Å². The average molecular weight is 334 g/mol. The van der Waals surface area contributed by atoms with E-state index in [-0.39, 0.29) is 11.9 Å². The minimum Gasteiger partial charge on any atom is -0.496 e. The van der Waals surface area contributed by atoms with E-state index in [4.69, 9.17) is 4.74 Å². The van der Waals surface area contributed by atoms with Crippen LogP contribution in [0.25, 0.3) is 10.9 Å². The van der Waals surface area contributed by atoms with Crippen molar-refractivity contribution >= 4 is 16.8 Å². The first-order chi connectivity index (χ1) is 12.2. The molecule has 1 unspecified atom stereocenters. The number of aryl methyl sites for hydroxylation is 1. The predicted molar refractivity (Wildman–Crippen MR) is 99.2 cm³/mol. The van der Waals surface area contributed by atoms with Gasteiger partial charge in [-0.05, 0) is 43.0 Å². The maximum atomic E-state index is 13.0. The minimum absolute atomic E-state index is 0.0192. The van der Waals surface area contributed by atoms with Crippen molar-refractivity contribution in [2.24, 2.45) is 0 Å². The van der Waals surface area contributed by atoms with E-state index in [1.807, 2.05) is 36.2 Å². The highest BCUT2D eigenvalue weighted by Gasteiger charge is 2.28. The molecule has 1 N–H and O–H groups in total. The second kappa shape index (κ2) is 6.28. The number of hydrogen-bond donors (Lipinski definition) is 1. The summed E-state index contributed by atoms with van der Waals surface area (Å²) in [5, 5.41) is 1.28. The molecule has 0 saturated carbocycles. The lowest BCUT2D eigenvalue weighted by Gasteiger charge is -2.32. The van der Waals surface area contributed by atoms with E-state index in [1.165, 1.54) is 22.2 Å². The molecule has 2 aromatic carbocycles. The molecular formula is C21H22N2O2. The van der Waals surface area contributed by atoms with Crippen molar-refractivity contribution in [1.29, 1.82) is 0 Å². The maximum Gasteiger partial charge on any atom is 0.257 e. The van der Waals surface area contributed by atoms with Crippen LogP contribution in [-0.2, 0) is 12.8 Å². The molecule has 4 heteroatoms. The third-order valence-corrected chi connectivity index (χ3v) is 5.27. The minimum atomic E-state index is 0.0192. The molecule has 1 amide bonds. The molecule has 1 aromatic heterocycles. The van der Waals surface area contributed by atoms with Crippen LogP contribution in [0, 0.1) is 0 Å². The lowest BCUT2D eigenvalue weighted by molar-refractivity contribution is 0.0715. The molecule has 0 bridgehead atoms. The van der Waals surface area contributed by atoms with Gasteiger partial charge in [0.2, 0.25) is 0 Å². The molecule has 0 fully saturated rings. The van der Waals surface area contributed by atoms with Gasteiger partial charge in [0, 0.05) is 29.7 Å². The number of aromatic nitrogens is 1. The van der Waals surface area contributed by atoms with E-state index >= 15 is 0 Å². The Morgan fingerprint density at radius 1 is 1.16 bits per heavy atom. The van der Waals surface area contributed by atoms with Crippen LogP contribution in [0.2, 0.25) is 0 Å². The van der Waals surface area contributed by atoms with E-state index < -0.39 is 0 Å². The SMILES string of the molecule is COc1ccccc1C(=O)N(C)C1CCc2[nH]c3ccccc3c2C1. The number of nitrogens with one attached hydrogen (secondary N) is 1. The molecule has 3 aromatic rings. The Hall–Kier alpha value is -2.75. The van der Waals surface area contributed by atoms with Crippen molar-refractivity contribution in [3.8, 4) is 5.75 Å². The quantitative estimate of drug-likeness (QED) is 0.792. The number of hydrogen-bond acceptors (Lipinski definition) is 2. The van der Waals surface area contributed by atoms with Crippen molar-refractivity contribution < 1.29 is 9.53 Å². The zero-order valence-electron chi connectivity index (χ0n) is 14.6. The molecule has 1 atom stereocenters. The molecule has 0 saturated heterocycles. The monoisotopic (exact) mass is 334 g/mol. The van der Waals surface area contributed by atoms with Gasteiger partial charge in [0.1, 0.15) is 5.75 Å². The highest BCUT2D eigenvalue weighted by Crippen LogP contribution is 2.31. The Balaban J connectivity index is 1.61. The number of likely N-dealkylation sites (N-methyl/N-ethyl adjacent to an activating group) is 1. The highest BCUT2D eigenvalue weighted by molar-refractivity contribution is 5.97. The lowest BCUT2D eigenvalue weighted by atomic mass is 9.90. The summed E-state index contributed by atoms with van der Waals surface area (Å²) in [4.78, 5) is 18.4. The summed E-state index contributed by atoms with van der Waals surface area (Å²) >= 11 is 0. The number of methoxy groups -OCH3 is 1. The Kier molecular flexibility index (Phi) is 3.96. The third kappa shape index (κ3) is 2.68. The van der Waals surface area contributed by atoms with Crippen LogP contribution in [0.1, 0.15) is 28.0 Å². The Morgan fingerprint density at radius 3 is 2.76 bits per heavy atom. The van der Waals surface area contributed by atoms with Crippen LogP contribution in [-0.4, -0.2) is 36.0 Å². The van der Waals surface area contributed by atoms with Crippen molar-refractivity contribution in [3.63, 3.8) is 0 Å². The van der Waals surface area contributed by atoms with Gasteiger partial charge >= 0.3 is 0 Å². The van der Waals surface area contributed by atoms with E-state index in [2.05, 4.69) is 29.2 Å². The zero-order valence-corrected chi connectivity index (χ0v) is 14.6. The number of aromatic amines is 1. The van der Waals surface area contributed by atoms with Crippen molar-refractivity contribution in [2.45, 2.75) is 25.3 Å². The van der Waals surface area contributed by atoms with E-state index in [0.29, 0.717) is 11.3 Å². The Labute approximate surface area is 147 Å². The van der Waals surface area contributed by atoms with Crippen molar-refractivity contribution in [2.75, 3.05) is 14.2 Å². The van der Waals surface area contributed by atoms with Gasteiger partial charge in [-0.3, -0.25) is 4.79 Å². The van der Waals surface area contributed by atoms with Crippen LogP contribution in [0.5, 0.6) is 5.75 Å². The first-order valence-electron chi connectivity index (χ1n) is 8.67. The summed E-state index contributed by atoms with van der Waals surface area (Å²) in [6.45, 7) is 0. The first-order valence-corrected chi connectivity index (χ1v) is 8.67. The van der Waals surface area contributed by atoms with Gasteiger partial charge in [-0.15, -0.1) is 0 Å². The predicted octanol–water partition coefficient (Wildman–Crippen LogP) is 3.81. The van der Waals surface area contributed by atoms with Gasteiger partial charge in [-0.25, -0.2) is 0 Å². The van der Waals surface area contributed by atoms with Gasteiger partial charge < -0.3 is 14.6 Å². The second-order valence-electron chi connectivity index (χ2n) is 6.64. The average Bonchev–Trinajstić information content (AvgIpc) is 3.04. The van der Waals surface area contributed by atoms with Gasteiger partial charge in [0.25, 0.3) is 5.91 Å². The number of carbonyl (C=O) groups excluding carboxylic acids is 1. The summed E-state index contributed by atoms with van der Waals surface area (Å²) < 4.78 is 5.35.